The summed E-state index contributed by atoms with van der Waals surface area (Å²) < 4.78 is 10.3. The first-order valence-corrected chi connectivity index (χ1v) is 17.4. The van der Waals surface area contributed by atoms with Crippen LogP contribution in [0.5, 0.6) is 23.0 Å². The van der Waals surface area contributed by atoms with Crippen molar-refractivity contribution in [3.05, 3.63) is 95.1 Å². The molecule has 4 aromatic carbocycles. The molecule has 0 aromatic heterocycles. The second-order valence-corrected chi connectivity index (χ2v) is 12.3. The predicted octanol–water partition coefficient (Wildman–Crippen LogP) is 5.34. The highest BCUT2D eigenvalue weighted by Gasteiger charge is 2.25. The van der Waals surface area contributed by atoms with E-state index in [0.717, 1.165) is 13.2 Å². The number of nitriles is 1. The Kier molecular flexibility index (Phi) is 14.1. The van der Waals surface area contributed by atoms with Gasteiger partial charge in [0.15, 0.2) is 23.0 Å². The van der Waals surface area contributed by atoms with Gasteiger partial charge in [-0.25, -0.2) is 4.79 Å². The SMILES string of the molecule is CCC(CC)C(=O)Nc1ccc(C(=O)NC(CC#N)C(=O)Nc2ccc(C(=O)Nc3ccc(C(=O)Nc4ccc(C(=O)O)c(O)c4OC)c(O)c3OC)cc2)cc1. The number of carboxylic acid groups (broad SMARTS) is 1. The number of hydrogen-bond donors (Lipinski definition) is 8. The number of aromatic carboxylic acids is 1. The molecular formula is C40H40N6O11. The average Bonchev–Trinajstić information content (AvgIpc) is 3.18. The summed E-state index contributed by atoms with van der Waals surface area (Å²) in [4.78, 5) is 76.0. The van der Waals surface area contributed by atoms with Crippen LogP contribution in [0.3, 0.4) is 0 Å². The molecule has 4 rings (SSSR count). The number of amides is 5. The Labute approximate surface area is 326 Å². The van der Waals surface area contributed by atoms with Gasteiger partial charge in [-0.15, -0.1) is 0 Å². The number of rotatable bonds is 16. The fraction of sp³-hybridized carbons (Fsp3) is 0.225. The number of hydrogen-bond acceptors (Lipinski definition) is 11. The van der Waals surface area contributed by atoms with Gasteiger partial charge in [-0.05, 0) is 85.6 Å². The van der Waals surface area contributed by atoms with Crippen molar-refractivity contribution >= 4 is 58.3 Å². The van der Waals surface area contributed by atoms with E-state index in [0.29, 0.717) is 18.5 Å². The average molecular weight is 781 g/mol. The zero-order valence-electron chi connectivity index (χ0n) is 31.3. The maximum absolute atomic E-state index is 13.1. The lowest BCUT2D eigenvalue weighted by Gasteiger charge is -2.17. The molecule has 17 nitrogen and oxygen atoms in total. The van der Waals surface area contributed by atoms with E-state index in [1.54, 1.807) is 12.1 Å². The van der Waals surface area contributed by atoms with Crippen molar-refractivity contribution in [1.29, 1.82) is 5.26 Å². The zero-order chi connectivity index (χ0) is 41.8. The number of ether oxygens (including phenoxy) is 2. The molecule has 0 spiro atoms. The summed E-state index contributed by atoms with van der Waals surface area (Å²) in [5.74, 6) is -6.46. The molecule has 0 heterocycles. The van der Waals surface area contributed by atoms with Gasteiger partial charge in [0.25, 0.3) is 17.7 Å². The molecule has 296 valence electrons. The highest BCUT2D eigenvalue weighted by Crippen LogP contribution is 2.40. The largest absolute Gasteiger partial charge is 0.504 e. The van der Waals surface area contributed by atoms with E-state index in [2.05, 4.69) is 26.6 Å². The molecule has 5 amide bonds. The van der Waals surface area contributed by atoms with E-state index < -0.39 is 52.7 Å². The molecule has 1 unspecified atom stereocenters. The van der Waals surface area contributed by atoms with Gasteiger partial charge >= 0.3 is 5.97 Å². The first-order chi connectivity index (χ1) is 27.3. The molecule has 1 atom stereocenters. The van der Waals surface area contributed by atoms with E-state index in [4.69, 9.17) is 9.47 Å². The minimum absolute atomic E-state index is 0.00827. The summed E-state index contributed by atoms with van der Waals surface area (Å²) in [5, 5.41) is 52.7. The van der Waals surface area contributed by atoms with E-state index >= 15 is 0 Å². The third-order valence-corrected chi connectivity index (χ3v) is 8.75. The lowest BCUT2D eigenvalue weighted by atomic mass is 10.0. The zero-order valence-corrected chi connectivity index (χ0v) is 31.3. The van der Waals surface area contributed by atoms with Crippen LogP contribution in [0, 0.1) is 17.2 Å². The minimum Gasteiger partial charge on any atom is -0.504 e. The van der Waals surface area contributed by atoms with Crippen LogP contribution in [0.1, 0.15) is 74.5 Å². The number of carbonyl (C=O) groups excluding carboxylic acids is 5. The molecule has 8 N–H and O–H groups in total. The van der Waals surface area contributed by atoms with Gasteiger partial charge in [-0.3, -0.25) is 24.0 Å². The Morgan fingerprint density at radius 3 is 1.56 bits per heavy atom. The minimum atomic E-state index is -1.42. The molecule has 0 radical (unpaired) electrons. The van der Waals surface area contributed by atoms with Gasteiger partial charge in [-0.2, -0.15) is 5.26 Å². The Bertz CT molecular complexity index is 2210. The number of phenolic OH excluding ortho intramolecular Hbond substituents is 1. The fourth-order valence-electron chi connectivity index (χ4n) is 5.58. The standard InChI is InChI=1S/C40H40N6O11/c1-5-21(6-2)35(49)42-24-11-7-23(8-12-24)37(51)46-30(19-20-41)39(53)43-25-13-9-22(10-14-25)36(50)44-28-17-15-26(31(47)33(28)56-3)38(52)45-29-18-16-27(40(54)55)32(48)34(29)57-4/h7-18,21,30,47-48H,5-6,19H2,1-4H3,(H,42,49)(H,43,53)(H,44,50)(H,45,52)(H,46,51)(H,54,55). The van der Waals surface area contributed by atoms with E-state index in [1.165, 1.54) is 61.7 Å². The third-order valence-electron chi connectivity index (χ3n) is 8.75. The van der Waals surface area contributed by atoms with Gasteiger partial charge < -0.3 is 51.4 Å². The normalized spacial score (nSPS) is 11.0. The number of carboxylic acids is 1. The van der Waals surface area contributed by atoms with E-state index in [-0.39, 0.29) is 63.5 Å². The van der Waals surface area contributed by atoms with Crippen LogP contribution in [0.25, 0.3) is 0 Å². The molecule has 0 saturated heterocycles. The van der Waals surface area contributed by atoms with Crippen molar-refractivity contribution in [2.75, 3.05) is 35.5 Å². The molecule has 57 heavy (non-hydrogen) atoms. The van der Waals surface area contributed by atoms with Crippen molar-refractivity contribution in [2.45, 2.75) is 39.2 Å². The summed E-state index contributed by atoms with van der Waals surface area (Å²) in [6.45, 7) is 3.85. The molecular weight excluding hydrogens is 740 g/mol. The third kappa shape index (κ3) is 10.1. The number of anilines is 4. The van der Waals surface area contributed by atoms with Crippen LogP contribution in [0.2, 0.25) is 0 Å². The van der Waals surface area contributed by atoms with Gasteiger partial charge in [0.05, 0.1) is 43.6 Å². The van der Waals surface area contributed by atoms with Crippen LogP contribution in [0.4, 0.5) is 22.7 Å². The smallest absolute Gasteiger partial charge is 0.339 e. The van der Waals surface area contributed by atoms with Gasteiger partial charge in [0.2, 0.25) is 11.8 Å². The highest BCUT2D eigenvalue weighted by molar-refractivity contribution is 6.10. The van der Waals surface area contributed by atoms with Crippen molar-refractivity contribution < 1.29 is 53.6 Å². The summed E-state index contributed by atoms with van der Waals surface area (Å²) in [6.07, 6.45) is 1.04. The maximum Gasteiger partial charge on any atom is 0.339 e. The second kappa shape index (κ2) is 19.1. The predicted molar refractivity (Wildman–Crippen MR) is 208 cm³/mol. The number of phenols is 2. The second-order valence-electron chi connectivity index (χ2n) is 12.3. The number of carbonyl (C=O) groups is 6. The maximum atomic E-state index is 13.1. The molecule has 0 bridgehead atoms. The lowest BCUT2D eigenvalue weighted by molar-refractivity contribution is -0.120. The van der Waals surface area contributed by atoms with Crippen molar-refractivity contribution in [2.24, 2.45) is 5.92 Å². The fourth-order valence-corrected chi connectivity index (χ4v) is 5.58. The molecule has 0 aliphatic heterocycles. The summed E-state index contributed by atoms with van der Waals surface area (Å²) in [7, 11) is 2.36. The van der Waals surface area contributed by atoms with Gasteiger partial charge in [0, 0.05) is 28.4 Å². The molecule has 0 saturated carbocycles. The molecule has 0 aliphatic rings. The molecule has 0 fully saturated rings. The van der Waals surface area contributed by atoms with Crippen LogP contribution in [0.15, 0.2) is 72.8 Å². The number of nitrogens with zero attached hydrogens (tertiary/aromatic N) is 1. The van der Waals surface area contributed by atoms with Crippen LogP contribution in [-0.4, -0.2) is 71.1 Å². The topological polar surface area (TPSA) is 266 Å². The van der Waals surface area contributed by atoms with Crippen molar-refractivity contribution in [3.8, 4) is 29.1 Å². The monoisotopic (exact) mass is 780 g/mol. The number of methoxy groups -OCH3 is 2. The van der Waals surface area contributed by atoms with Crippen LogP contribution >= 0.6 is 0 Å². The summed E-state index contributed by atoms with van der Waals surface area (Å²) in [6, 6.07) is 17.1. The van der Waals surface area contributed by atoms with Crippen LogP contribution < -0.4 is 36.1 Å². The number of benzene rings is 4. The first kappa shape index (κ1) is 42.1. The first-order valence-electron chi connectivity index (χ1n) is 17.4. The Hall–Kier alpha value is -7.61. The summed E-state index contributed by atoms with van der Waals surface area (Å²) in [5.41, 5.74) is 0.232. The molecule has 17 heteroatoms. The molecule has 0 aliphatic carbocycles. The van der Waals surface area contributed by atoms with Crippen LogP contribution in [-0.2, 0) is 9.59 Å². The van der Waals surface area contributed by atoms with E-state index in [1.807, 2.05) is 19.9 Å². The van der Waals surface area contributed by atoms with Gasteiger partial charge in [-0.1, -0.05) is 13.8 Å². The highest BCUT2D eigenvalue weighted by atomic mass is 16.5. The lowest BCUT2D eigenvalue weighted by Crippen LogP contribution is -2.43. The van der Waals surface area contributed by atoms with Gasteiger partial charge in [0.1, 0.15) is 11.6 Å². The van der Waals surface area contributed by atoms with Crippen molar-refractivity contribution in [3.63, 3.8) is 0 Å². The Balaban J connectivity index is 1.39. The molecule has 4 aromatic rings. The Morgan fingerprint density at radius 2 is 1.09 bits per heavy atom. The number of nitrogens with one attached hydrogen (secondary N) is 5. The Morgan fingerprint density at radius 1 is 0.632 bits per heavy atom. The number of aromatic hydroxyl groups is 2. The van der Waals surface area contributed by atoms with E-state index in [9.17, 15) is 49.3 Å². The summed E-state index contributed by atoms with van der Waals surface area (Å²) >= 11 is 0. The van der Waals surface area contributed by atoms with Crippen molar-refractivity contribution in [1.82, 2.24) is 5.32 Å². The quantitative estimate of drug-likeness (QED) is 0.0716.